The van der Waals surface area contributed by atoms with E-state index >= 15 is 0 Å². The third-order valence-electron chi connectivity index (χ3n) is 3.89. The summed E-state index contributed by atoms with van der Waals surface area (Å²) in [5.74, 6) is 1.25. The number of rotatable bonds is 7. The number of hydrogen-bond donors (Lipinski definition) is 1. The third-order valence-corrected chi connectivity index (χ3v) is 3.89. The van der Waals surface area contributed by atoms with Crippen molar-refractivity contribution in [2.45, 2.75) is 46.5 Å². The number of hydrogen-bond acceptors (Lipinski definition) is 1. The van der Waals surface area contributed by atoms with Crippen molar-refractivity contribution in [1.82, 2.24) is 5.32 Å². The Morgan fingerprint density at radius 1 is 1.32 bits per heavy atom. The summed E-state index contributed by atoms with van der Waals surface area (Å²) in [6.07, 6.45) is 6.13. The zero-order valence-corrected chi connectivity index (χ0v) is 12.7. The molecule has 19 heavy (non-hydrogen) atoms. The first-order chi connectivity index (χ1) is 9.06. The normalized spacial score (nSPS) is 14.3. The summed E-state index contributed by atoms with van der Waals surface area (Å²) in [7, 11) is 0. The largest absolute Gasteiger partial charge is 0.366 e. The van der Waals surface area contributed by atoms with Gasteiger partial charge >= 0.3 is 0 Å². The first-order valence-corrected chi connectivity index (χ1v) is 7.17. The molecule has 104 valence electrons. The molecule has 0 radical (unpaired) electrons. The van der Waals surface area contributed by atoms with E-state index in [-0.39, 0.29) is 0 Å². The molecule has 1 N–H and O–H groups in total. The van der Waals surface area contributed by atoms with Gasteiger partial charge in [0, 0.05) is 5.70 Å². The molecule has 0 amide bonds. The van der Waals surface area contributed by atoms with Crippen LogP contribution in [0.15, 0.2) is 48.8 Å². The highest BCUT2D eigenvalue weighted by Gasteiger charge is 2.15. The van der Waals surface area contributed by atoms with Gasteiger partial charge in [0.1, 0.15) is 0 Å². The quantitative estimate of drug-likeness (QED) is 0.712. The van der Waals surface area contributed by atoms with E-state index in [0.717, 1.165) is 12.1 Å². The first kappa shape index (κ1) is 15.6. The van der Waals surface area contributed by atoms with Crippen LogP contribution < -0.4 is 5.32 Å². The molecule has 0 spiro atoms. The van der Waals surface area contributed by atoms with Gasteiger partial charge in [-0.3, -0.25) is 0 Å². The molecule has 0 aliphatic carbocycles. The highest BCUT2D eigenvalue weighted by atomic mass is 14.8. The third kappa shape index (κ3) is 4.94. The maximum Gasteiger partial charge on any atom is 0.00733 e. The fourth-order valence-corrected chi connectivity index (χ4v) is 2.33. The van der Waals surface area contributed by atoms with Crippen molar-refractivity contribution in [2.75, 3.05) is 0 Å². The average molecular weight is 257 g/mol. The van der Waals surface area contributed by atoms with Crippen molar-refractivity contribution >= 4 is 0 Å². The zero-order valence-electron chi connectivity index (χ0n) is 12.7. The molecular weight excluding hydrogens is 230 g/mol. The van der Waals surface area contributed by atoms with Gasteiger partial charge in [-0.1, -0.05) is 50.8 Å². The van der Waals surface area contributed by atoms with Crippen LogP contribution in [-0.4, -0.2) is 0 Å². The van der Waals surface area contributed by atoms with Gasteiger partial charge in [0.05, 0.1) is 0 Å². The minimum atomic E-state index is 0.593. The van der Waals surface area contributed by atoms with Crippen molar-refractivity contribution in [2.24, 2.45) is 5.92 Å². The summed E-state index contributed by atoms with van der Waals surface area (Å²) in [5, 5.41) is 3.20. The van der Waals surface area contributed by atoms with Crippen LogP contribution in [-0.2, 0) is 0 Å². The Morgan fingerprint density at radius 3 is 2.63 bits per heavy atom. The van der Waals surface area contributed by atoms with Gasteiger partial charge in [0.15, 0.2) is 0 Å². The summed E-state index contributed by atoms with van der Waals surface area (Å²) in [5.41, 5.74) is 3.97. The fraction of sp³-hybridized carbons (Fsp3) is 0.444. The lowest BCUT2D eigenvalue weighted by atomic mass is 9.84. The van der Waals surface area contributed by atoms with Gasteiger partial charge in [0.25, 0.3) is 0 Å². The molecular formula is C18H27N. The second-order valence-electron chi connectivity index (χ2n) is 5.41. The van der Waals surface area contributed by atoms with E-state index in [1.165, 1.54) is 17.5 Å². The molecule has 1 aromatic rings. The van der Waals surface area contributed by atoms with Crippen LogP contribution >= 0.6 is 0 Å². The second kappa shape index (κ2) is 7.83. The smallest absolute Gasteiger partial charge is 0.00733 e. The molecule has 1 heteroatoms. The van der Waals surface area contributed by atoms with Crippen molar-refractivity contribution < 1.29 is 0 Å². The van der Waals surface area contributed by atoms with Gasteiger partial charge < -0.3 is 5.32 Å². The Balaban J connectivity index is 2.52. The van der Waals surface area contributed by atoms with E-state index in [0.29, 0.717) is 11.8 Å². The van der Waals surface area contributed by atoms with Crippen LogP contribution in [0, 0.1) is 12.8 Å². The van der Waals surface area contributed by atoms with Crippen molar-refractivity contribution in [1.29, 1.82) is 0 Å². The highest BCUT2D eigenvalue weighted by Crippen LogP contribution is 2.29. The van der Waals surface area contributed by atoms with Gasteiger partial charge in [-0.05, 0) is 55.9 Å². The Labute approximate surface area is 118 Å². The number of nitrogens with one attached hydrogen (secondary N) is 1. The molecule has 1 nitrogen and oxygen atoms in total. The van der Waals surface area contributed by atoms with Gasteiger partial charge in [-0.15, -0.1) is 0 Å². The zero-order chi connectivity index (χ0) is 14.3. The monoisotopic (exact) mass is 257 g/mol. The molecule has 1 aromatic carbocycles. The van der Waals surface area contributed by atoms with E-state index in [1.54, 1.807) is 0 Å². The topological polar surface area (TPSA) is 12.0 Å². The lowest BCUT2D eigenvalue weighted by Gasteiger charge is -2.22. The van der Waals surface area contributed by atoms with E-state index in [4.69, 9.17) is 0 Å². The summed E-state index contributed by atoms with van der Waals surface area (Å²) < 4.78 is 0. The number of allylic oxidation sites excluding steroid dienone is 2. The van der Waals surface area contributed by atoms with E-state index in [1.807, 2.05) is 19.2 Å². The minimum Gasteiger partial charge on any atom is -0.366 e. The maximum atomic E-state index is 4.05. The Hall–Kier alpha value is -1.50. The Kier molecular flexibility index (Phi) is 6.41. The molecule has 0 aromatic heterocycles. The predicted molar refractivity (Wildman–Crippen MR) is 85.1 cm³/mol. The van der Waals surface area contributed by atoms with Gasteiger partial charge in [-0.25, -0.2) is 0 Å². The maximum absolute atomic E-state index is 4.05. The summed E-state index contributed by atoms with van der Waals surface area (Å²) in [4.78, 5) is 0. The van der Waals surface area contributed by atoms with Crippen LogP contribution in [0.25, 0.3) is 0 Å². The van der Waals surface area contributed by atoms with E-state index in [9.17, 15) is 0 Å². The van der Waals surface area contributed by atoms with Crippen LogP contribution in [0.3, 0.4) is 0 Å². The molecule has 0 bridgehead atoms. The fourth-order valence-electron chi connectivity index (χ4n) is 2.33. The lowest BCUT2D eigenvalue weighted by Crippen LogP contribution is -2.10. The first-order valence-electron chi connectivity index (χ1n) is 7.17. The van der Waals surface area contributed by atoms with Crippen LogP contribution in [0.5, 0.6) is 0 Å². The van der Waals surface area contributed by atoms with Crippen LogP contribution in [0.4, 0.5) is 0 Å². The summed E-state index contributed by atoms with van der Waals surface area (Å²) >= 11 is 0. The van der Waals surface area contributed by atoms with E-state index < -0.39 is 0 Å². The lowest BCUT2D eigenvalue weighted by molar-refractivity contribution is 0.448. The number of benzene rings is 1. The molecule has 0 saturated carbocycles. The molecule has 2 unspecified atom stereocenters. The van der Waals surface area contributed by atoms with Crippen molar-refractivity contribution in [3.8, 4) is 0 Å². The molecule has 0 aliphatic rings. The average Bonchev–Trinajstić information content (AvgIpc) is 2.42. The number of aryl methyl sites for hydroxylation is 1. The van der Waals surface area contributed by atoms with Crippen molar-refractivity contribution in [3.05, 3.63) is 59.9 Å². The molecule has 2 atom stereocenters. The molecule has 1 rings (SSSR count). The predicted octanol–water partition coefficient (Wildman–Crippen LogP) is 5.15. The SMILES string of the molecule is C=C(CCC(C)C(C)c1ccccc1C)N/C=C\C. The Morgan fingerprint density at radius 2 is 2.00 bits per heavy atom. The Bertz CT molecular complexity index is 431. The van der Waals surface area contributed by atoms with Crippen LogP contribution in [0.2, 0.25) is 0 Å². The summed E-state index contributed by atoms with van der Waals surface area (Å²) in [6.45, 7) is 12.9. The van der Waals surface area contributed by atoms with E-state index in [2.05, 4.69) is 56.9 Å². The van der Waals surface area contributed by atoms with Crippen LogP contribution in [0.1, 0.15) is 50.7 Å². The van der Waals surface area contributed by atoms with Crippen molar-refractivity contribution in [3.63, 3.8) is 0 Å². The molecule has 0 heterocycles. The van der Waals surface area contributed by atoms with Gasteiger partial charge in [-0.2, -0.15) is 0 Å². The summed E-state index contributed by atoms with van der Waals surface area (Å²) in [6, 6.07) is 8.70. The standard InChI is InChI=1S/C18H27N/c1-6-13-19-16(4)12-11-14(2)17(5)18-10-8-7-9-15(18)3/h6-10,13-14,17,19H,4,11-12H2,1-3,5H3/b13-6-. The molecule has 0 saturated heterocycles. The molecule has 0 aliphatic heterocycles. The highest BCUT2D eigenvalue weighted by molar-refractivity contribution is 5.29. The molecule has 0 fully saturated rings. The van der Waals surface area contributed by atoms with Gasteiger partial charge in [0.2, 0.25) is 0 Å². The minimum absolute atomic E-state index is 0.593. The second-order valence-corrected chi connectivity index (χ2v) is 5.41.